The van der Waals surface area contributed by atoms with Gasteiger partial charge in [-0.3, -0.25) is 9.59 Å². The molecule has 3 aromatic rings. The first-order valence-corrected chi connectivity index (χ1v) is 12.6. The zero-order valence-corrected chi connectivity index (χ0v) is 21.2. The predicted molar refractivity (Wildman–Crippen MR) is 128 cm³/mol. The normalized spacial score (nSPS) is 14.9. The molecule has 0 aliphatic heterocycles. The van der Waals surface area contributed by atoms with E-state index in [4.69, 9.17) is 4.42 Å². The van der Waals surface area contributed by atoms with Gasteiger partial charge in [-0.1, -0.05) is 6.07 Å². The van der Waals surface area contributed by atoms with E-state index in [1.54, 1.807) is 0 Å². The third-order valence-electron chi connectivity index (χ3n) is 5.55. The fourth-order valence-corrected chi connectivity index (χ4v) is 4.25. The first-order valence-electron chi connectivity index (χ1n) is 11.7. The van der Waals surface area contributed by atoms with Crippen LogP contribution in [0.4, 0.5) is 22.0 Å². The maximum Gasteiger partial charge on any atom is 0.389 e. The fraction of sp³-hybridized carbons (Fsp3) is 0.417. The minimum atomic E-state index is -4.56. The van der Waals surface area contributed by atoms with Crippen LogP contribution in [0.2, 0.25) is 0 Å². The summed E-state index contributed by atoms with van der Waals surface area (Å²) >= 11 is 0.984. The van der Waals surface area contributed by atoms with Crippen LogP contribution in [-0.4, -0.2) is 56.4 Å². The first kappa shape index (κ1) is 30.1. The van der Waals surface area contributed by atoms with Crippen molar-refractivity contribution in [3.05, 3.63) is 58.4 Å². The number of aromatic nitrogens is 2. The summed E-state index contributed by atoms with van der Waals surface area (Å²) in [6, 6.07) is 0.269. The van der Waals surface area contributed by atoms with Gasteiger partial charge in [-0.05, 0) is 38.3 Å². The SMILES string of the molecule is CC(O)CC[C@H](NC(=O)c1cnc(-c2c(F)cccc2F)o1)C(=O)N[C@@H](CCC(F)(F)F)C(O)c1nccs1. The summed E-state index contributed by atoms with van der Waals surface area (Å²) in [5, 5.41) is 26.5. The molecule has 3 rings (SSSR count). The molecule has 1 aromatic carbocycles. The maximum absolute atomic E-state index is 14.1. The number of benzene rings is 1. The Kier molecular flexibility index (Phi) is 10.1. The number of carbonyl (C=O) groups excluding carboxylic acids is 2. The second-order valence-electron chi connectivity index (χ2n) is 8.66. The zero-order valence-electron chi connectivity index (χ0n) is 20.4. The van der Waals surface area contributed by atoms with Crippen LogP contribution in [0, 0.1) is 11.6 Å². The molecular formula is C24H25F5N4O5S. The molecule has 0 aliphatic rings. The Labute approximate surface area is 223 Å². The van der Waals surface area contributed by atoms with Crippen molar-refractivity contribution in [1.29, 1.82) is 0 Å². The Morgan fingerprint density at radius 2 is 1.77 bits per heavy atom. The van der Waals surface area contributed by atoms with Crippen LogP contribution in [0.25, 0.3) is 11.5 Å². The van der Waals surface area contributed by atoms with Gasteiger partial charge in [0.2, 0.25) is 17.6 Å². The van der Waals surface area contributed by atoms with Gasteiger partial charge in [0.1, 0.15) is 34.4 Å². The van der Waals surface area contributed by atoms with Crippen molar-refractivity contribution in [2.24, 2.45) is 0 Å². The van der Waals surface area contributed by atoms with Crippen molar-refractivity contribution in [2.75, 3.05) is 0 Å². The number of nitrogens with zero attached hydrogens (tertiary/aromatic N) is 2. The molecule has 4 N–H and O–H groups in total. The molecular weight excluding hydrogens is 551 g/mol. The average molecular weight is 577 g/mol. The molecule has 0 bridgehead atoms. The van der Waals surface area contributed by atoms with Crippen molar-refractivity contribution in [2.45, 2.75) is 63.1 Å². The summed E-state index contributed by atoms with van der Waals surface area (Å²) < 4.78 is 72.0. The van der Waals surface area contributed by atoms with Crippen LogP contribution in [0.1, 0.15) is 54.3 Å². The van der Waals surface area contributed by atoms with Crippen LogP contribution in [0.5, 0.6) is 0 Å². The highest BCUT2D eigenvalue weighted by Crippen LogP contribution is 2.28. The minimum Gasteiger partial charge on any atom is -0.431 e. The Morgan fingerprint density at radius 1 is 1.08 bits per heavy atom. The number of thiazole rings is 1. The summed E-state index contributed by atoms with van der Waals surface area (Å²) in [5.74, 6) is -4.95. The fourth-order valence-electron chi connectivity index (χ4n) is 3.57. The second-order valence-corrected chi connectivity index (χ2v) is 9.59. The average Bonchev–Trinajstić information content (AvgIpc) is 3.56. The predicted octanol–water partition coefficient (Wildman–Crippen LogP) is 3.90. The molecule has 9 nitrogen and oxygen atoms in total. The quantitative estimate of drug-likeness (QED) is 0.240. The van der Waals surface area contributed by atoms with Crippen LogP contribution in [0.3, 0.4) is 0 Å². The Hall–Kier alpha value is -3.43. The van der Waals surface area contributed by atoms with E-state index in [1.807, 2.05) is 0 Å². The molecule has 2 heterocycles. The number of hydrogen-bond donors (Lipinski definition) is 4. The van der Waals surface area contributed by atoms with E-state index in [0.717, 1.165) is 35.7 Å². The van der Waals surface area contributed by atoms with Gasteiger partial charge in [0.05, 0.1) is 18.3 Å². The molecule has 0 saturated carbocycles. The number of aliphatic hydroxyl groups excluding tert-OH is 2. The molecule has 2 aromatic heterocycles. The van der Waals surface area contributed by atoms with E-state index in [1.165, 1.54) is 18.5 Å². The van der Waals surface area contributed by atoms with Crippen molar-refractivity contribution in [1.82, 2.24) is 20.6 Å². The lowest BCUT2D eigenvalue weighted by molar-refractivity contribution is -0.140. The molecule has 0 aliphatic carbocycles. The number of oxazole rings is 1. The molecule has 0 saturated heterocycles. The van der Waals surface area contributed by atoms with Gasteiger partial charge < -0.3 is 25.3 Å². The number of alkyl halides is 3. The molecule has 39 heavy (non-hydrogen) atoms. The topological polar surface area (TPSA) is 138 Å². The number of nitrogens with one attached hydrogen (secondary N) is 2. The Balaban J connectivity index is 1.78. The van der Waals surface area contributed by atoms with Gasteiger partial charge >= 0.3 is 6.18 Å². The third kappa shape index (κ3) is 8.53. The maximum atomic E-state index is 14.1. The van der Waals surface area contributed by atoms with Gasteiger partial charge in [-0.25, -0.2) is 18.7 Å². The number of amides is 2. The molecule has 212 valence electrons. The van der Waals surface area contributed by atoms with E-state index in [0.29, 0.717) is 0 Å². The van der Waals surface area contributed by atoms with Crippen molar-refractivity contribution >= 4 is 23.2 Å². The lowest BCUT2D eigenvalue weighted by atomic mass is 10.0. The van der Waals surface area contributed by atoms with E-state index in [9.17, 15) is 41.8 Å². The highest BCUT2D eigenvalue weighted by atomic mass is 32.1. The molecule has 0 fully saturated rings. The van der Waals surface area contributed by atoms with Crippen molar-refractivity contribution < 1.29 is 46.2 Å². The monoisotopic (exact) mass is 576 g/mol. The first-order chi connectivity index (χ1) is 18.4. The Bertz CT molecular complexity index is 1230. The molecule has 0 spiro atoms. The van der Waals surface area contributed by atoms with Gasteiger partial charge in [0.15, 0.2) is 0 Å². The van der Waals surface area contributed by atoms with Crippen LogP contribution < -0.4 is 10.6 Å². The number of rotatable bonds is 12. The van der Waals surface area contributed by atoms with Gasteiger partial charge in [0.25, 0.3) is 5.91 Å². The zero-order chi connectivity index (χ0) is 28.7. The minimum absolute atomic E-state index is 0.0166. The summed E-state index contributed by atoms with van der Waals surface area (Å²) in [6.07, 6.45) is -6.88. The molecule has 15 heteroatoms. The highest BCUT2D eigenvalue weighted by Gasteiger charge is 2.34. The lowest BCUT2D eigenvalue weighted by Crippen LogP contribution is -2.51. The van der Waals surface area contributed by atoms with E-state index < -0.39 is 84.0 Å². The molecule has 4 atom stereocenters. The van der Waals surface area contributed by atoms with Crippen LogP contribution >= 0.6 is 11.3 Å². The number of hydrogen-bond acceptors (Lipinski definition) is 8. The molecule has 2 amide bonds. The van der Waals surface area contributed by atoms with E-state index in [2.05, 4.69) is 20.6 Å². The smallest absolute Gasteiger partial charge is 0.389 e. The van der Waals surface area contributed by atoms with E-state index >= 15 is 0 Å². The number of halogens is 5. The number of aliphatic hydroxyl groups is 2. The number of carbonyl (C=O) groups is 2. The van der Waals surface area contributed by atoms with Crippen LogP contribution in [-0.2, 0) is 4.79 Å². The van der Waals surface area contributed by atoms with Crippen molar-refractivity contribution in [3.63, 3.8) is 0 Å². The van der Waals surface area contributed by atoms with Gasteiger partial charge in [-0.2, -0.15) is 13.2 Å². The van der Waals surface area contributed by atoms with Crippen molar-refractivity contribution in [3.8, 4) is 11.5 Å². The largest absolute Gasteiger partial charge is 0.431 e. The highest BCUT2D eigenvalue weighted by molar-refractivity contribution is 7.09. The summed E-state index contributed by atoms with van der Waals surface area (Å²) in [4.78, 5) is 33.5. The van der Waals surface area contributed by atoms with E-state index in [-0.39, 0.29) is 17.8 Å². The van der Waals surface area contributed by atoms with Gasteiger partial charge in [0, 0.05) is 18.0 Å². The Morgan fingerprint density at radius 3 is 2.36 bits per heavy atom. The summed E-state index contributed by atoms with van der Waals surface area (Å²) in [6.45, 7) is 1.43. The summed E-state index contributed by atoms with van der Waals surface area (Å²) in [7, 11) is 0. The standard InChI is InChI=1S/C24H25F5N4O5S/c1-12(34)5-6-16(20(36)32-15(7-8-24(27,28)29)19(35)23-30-9-10-39-23)33-21(37)17-11-31-22(38-17)18-13(25)3-2-4-14(18)26/h2-4,9-12,15-16,19,34-35H,5-8H2,1H3,(H,32,36)(H,33,37)/t12?,15-,16-,19?/m0/s1. The lowest BCUT2D eigenvalue weighted by Gasteiger charge is -2.26. The van der Waals surface area contributed by atoms with Gasteiger partial charge in [-0.15, -0.1) is 11.3 Å². The molecule has 0 radical (unpaired) electrons. The van der Waals surface area contributed by atoms with Crippen LogP contribution in [0.15, 0.2) is 40.4 Å². The third-order valence-corrected chi connectivity index (χ3v) is 6.40. The summed E-state index contributed by atoms with van der Waals surface area (Å²) in [5.41, 5.74) is -0.608. The second kappa shape index (κ2) is 13.1. The molecule has 2 unspecified atom stereocenters.